The standard InChI is InChI=1S/C13H19N3O2.ClH/c1-10-5-3-4-6-11(10)9-16(2)13(18)8-15-12(17)7-14;/h3-6H,7-9,14H2,1-2H3,(H,15,17);1H. The van der Waals surface area contributed by atoms with E-state index in [1.54, 1.807) is 11.9 Å². The molecule has 19 heavy (non-hydrogen) atoms. The van der Waals surface area contributed by atoms with E-state index in [9.17, 15) is 9.59 Å². The van der Waals surface area contributed by atoms with Gasteiger partial charge in [-0.3, -0.25) is 9.59 Å². The third kappa shape index (κ3) is 5.72. The van der Waals surface area contributed by atoms with Crippen LogP contribution in [0.25, 0.3) is 0 Å². The summed E-state index contributed by atoms with van der Waals surface area (Å²) in [5.41, 5.74) is 7.38. The number of rotatable bonds is 5. The number of hydrogen-bond acceptors (Lipinski definition) is 3. The molecule has 1 aromatic rings. The van der Waals surface area contributed by atoms with Crippen molar-refractivity contribution >= 4 is 24.2 Å². The Kier molecular flexibility index (Phi) is 7.79. The van der Waals surface area contributed by atoms with Crippen LogP contribution in [0.15, 0.2) is 24.3 Å². The molecule has 2 amide bonds. The summed E-state index contributed by atoms with van der Waals surface area (Å²) >= 11 is 0. The molecule has 0 saturated heterocycles. The Bertz CT molecular complexity index is 438. The number of nitrogens with two attached hydrogens (primary N) is 1. The van der Waals surface area contributed by atoms with E-state index >= 15 is 0 Å². The van der Waals surface area contributed by atoms with Crippen LogP contribution < -0.4 is 11.1 Å². The van der Waals surface area contributed by atoms with Gasteiger partial charge in [0.05, 0.1) is 13.1 Å². The zero-order chi connectivity index (χ0) is 13.5. The predicted octanol–water partition coefficient (Wildman–Crippen LogP) is 0.450. The van der Waals surface area contributed by atoms with Gasteiger partial charge in [-0.1, -0.05) is 24.3 Å². The van der Waals surface area contributed by atoms with E-state index in [1.165, 1.54) is 0 Å². The summed E-state index contributed by atoms with van der Waals surface area (Å²) in [6.07, 6.45) is 0. The highest BCUT2D eigenvalue weighted by Crippen LogP contribution is 2.09. The van der Waals surface area contributed by atoms with Gasteiger partial charge >= 0.3 is 0 Å². The van der Waals surface area contributed by atoms with Crippen molar-refractivity contribution in [3.8, 4) is 0 Å². The van der Waals surface area contributed by atoms with Crippen molar-refractivity contribution in [3.05, 3.63) is 35.4 Å². The van der Waals surface area contributed by atoms with Crippen LogP contribution in [0.2, 0.25) is 0 Å². The summed E-state index contributed by atoms with van der Waals surface area (Å²) in [6, 6.07) is 7.89. The second kappa shape index (κ2) is 8.50. The molecule has 0 atom stereocenters. The highest BCUT2D eigenvalue weighted by Gasteiger charge is 2.11. The molecule has 0 aromatic heterocycles. The zero-order valence-corrected chi connectivity index (χ0v) is 12.0. The molecular weight excluding hydrogens is 266 g/mol. The van der Waals surface area contributed by atoms with Crippen molar-refractivity contribution in [1.29, 1.82) is 0 Å². The van der Waals surface area contributed by atoms with Crippen molar-refractivity contribution in [3.63, 3.8) is 0 Å². The van der Waals surface area contributed by atoms with Crippen LogP contribution in [0.4, 0.5) is 0 Å². The van der Waals surface area contributed by atoms with E-state index in [1.807, 2.05) is 31.2 Å². The minimum Gasteiger partial charge on any atom is -0.346 e. The molecule has 0 radical (unpaired) electrons. The third-order valence-corrected chi connectivity index (χ3v) is 2.72. The number of carbonyl (C=O) groups excluding carboxylic acids is 2. The van der Waals surface area contributed by atoms with E-state index in [-0.39, 0.29) is 37.3 Å². The number of amides is 2. The van der Waals surface area contributed by atoms with E-state index < -0.39 is 0 Å². The number of hydrogen-bond donors (Lipinski definition) is 2. The lowest BCUT2D eigenvalue weighted by Gasteiger charge is -2.18. The number of benzene rings is 1. The largest absolute Gasteiger partial charge is 0.346 e. The molecule has 0 aliphatic rings. The maximum Gasteiger partial charge on any atom is 0.242 e. The predicted molar refractivity (Wildman–Crippen MR) is 77.0 cm³/mol. The molecule has 0 heterocycles. The lowest BCUT2D eigenvalue weighted by atomic mass is 10.1. The molecule has 6 heteroatoms. The summed E-state index contributed by atoms with van der Waals surface area (Å²) in [7, 11) is 1.71. The van der Waals surface area contributed by atoms with Gasteiger partial charge in [0.1, 0.15) is 0 Å². The lowest BCUT2D eigenvalue weighted by molar-refractivity contribution is -0.131. The number of nitrogens with zero attached hydrogens (tertiary/aromatic N) is 1. The minimum absolute atomic E-state index is 0. The lowest BCUT2D eigenvalue weighted by Crippen LogP contribution is -2.40. The highest BCUT2D eigenvalue weighted by molar-refractivity contribution is 5.85. The number of nitrogens with one attached hydrogen (secondary N) is 1. The van der Waals surface area contributed by atoms with Crippen LogP contribution in [0.5, 0.6) is 0 Å². The normalized spacial score (nSPS) is 9.42. The summed E-state index contributed by atoms with van der Waals surface area (Å²) in [5, 5.41) is 2.46. The smallest absolute Gasteiger partial charge is 0.242 e. The first-order valence-corrected chi connectivity index (χ1v) is 5.80. The van der Waals surface area contributed by atoms with Gasteiger partial charge in [0.2, 0.25) is 11.8 Å². The first-order chi connectivity index (χ1) is 8.54. The molecule has 106 valence electrons. The maximum atomic E-state index is 11.7. The maximum absolute atomic E-state index is 11.7. The number of aryl methyl sites for hydroxylation is 1. The fourth-order valence-corrected chi connectivity index (χ4v) is 1.51. The van der Waals surface area contributed by atoms with Crippen LogP contribution in [-0.4, -0.2) is 36.9 Å². The summed E-state index contributed by atoms with van der Waals surface area (Å²) in [6.45, 7) is 2.42. The summed E-state index contributed by atoms with van der Waals surface area (Å²) in [4.78, 5) is 24.3. The molecule has 3 N–H and O–H groups in total. The monoisotopic (exact) mass is 285 g/mol. The van der Waals surface area contributed by atoms with Crippen LogP contribution in [0.3, 0.4) is 0 Å². The van der Waals surface area contributed by atoms with Crippen LogP contribution in [0.1, 0.15) is 11.1 Å². The van der Waals surface area contributed by atoms with Crippen molar-refractivity contribution in [2.45, 2.75) is 13.5 Å². The van der Waals surface area contributed by atoms with Gasteiger partial charge in [-0.25, -0.2) is 0 Å². The van der Waals surface area contributed by atoms with Crippen molar-refractivity contribution in [1.82, 2.24) is 10.2 Å². The van der Waals surface area contributed by atoms with E-state index in [2.05, 4.69) is 5.32 Å². The Morgan fingerprint density at radius 1 is 1.32 bits per heavy atom. The van der Waals surface area contributed by atoms with Crippen molar-refractivity contribution < 1.29 is 9.59 Å². The number of halogens is 1. The summed E-state index contributed by atoms with van der Waals surface area (Å²) < 4.78 is 0. The first kappa shape index (κ1) is 17.4. The fourth-order valence-electron chi connectivity index (χ4n) is 1.51. The van der Waals surface area contributed by atoms with Gasteiger partial charge in [-0.15, -0.1) is 12.4 Å². The van der Waals surface area contributed by atoms with Crippen LogP contribution in [0, 0.1) is 6.92 Å². The molecule has 1 rings (SSSR count). The van der Waals surface area contributed by atoms with E-state index in [0.717, 1.165) is 11.1 Å². The molecule has 1 aromatic carbocycles. The van der Waals surface area contributed by atoms with E-state index in [4.69, 9.17) is 5.73 Å². The van der Waals surface area contributed by atoms with Gasteiger partial charge < -0.3 is 16.0 Å². The summed E-state index contributed by atoms with van der Waals surface area (Å²) in [5.74, 6) is -0.465. The Morgan fingerprint density at radius 2 is 1.95 bits per heavy atom. The van der Waals surface area contributed by atoms with Gasteiger partial charge in [0, 0.05) is 13.6 Å². The number of carbonyl (C=O) groups is 2. The molecular formula is C13H20ClN3O2. The molecule has 0 aliphatic heterocycles. The molecule has 0 saturated carbocycles. The first-order valence-electron chi connectivity index (χ1n) is 5.80. The van der Waals surface area contributed by atoms with Gasteiger partial charge in [-0.05, 0) is 18.1 Å². The van der Waals surface area contributed by atoms with Gasteiger partial charge in [0.15, 0.2) is 0 Å². The zero-order valence-electron chi connectivity index (χ0n) is 11.2. The topological polar surface area (TPSA) is 75.4 Å². The van der Waals surface area contributed by atoms with Crippen LogP contribution in [-0.2, 0) is 16.1 Å². The molecule has 0 unspecified atom stereocenters. The Labute approximate surface area is 119 Å². The molecule has 0 bridgehead atoms. The van der Waals surface area contributed by atoms with Crippen LogP contribution >= 0.6 is 12.4 Å². The Morgan fingerprint density at radius 3 is 2.53 bits per heavy atom. The third-order valence-electron chi connectivity index (χ3n) is 2.72. The SMILES string of the molecule is Cc1ccccc1CN(C)C(=O)CNC(=O)CN.Cl. The fraction of sp³-hybridized carbons (Fsp3) is 0.385. The second-order valence-electron chi connectivity index (χ2n) is 4.16. The average Bonchev–Trinajstić information content (AvgIpc) is 2.38. The van der Waals surface area contributed by atoms with Crippen molar-refractivity contribution in [2.75, 3.05) is 20.1 Å². The molecule has 0 aliphatic carbocycles. The average molecular weight is 286 g/mol. The molecule has 5 nitrogen and oxygen atoms in total. The minimum atomic E-state index is -0.326. The highest BCUT2D eigenvalue weighted by atomic mass is 35.5. The molecule has 0 spiro atoms. The quantitative estimate of drug-likeness (QED) is 0.825. The van der Waals surface area contributed by atoms with Gasteiger partial charge in [-0.2, -0.15) is 0 Å². The van der Waals surface area contributed by atoms with E-state index in [0.29, 0.717) is 6.54 Å². The Hall–Kier alpha value is -1.59. The second-order valence-corrected chi connectivity index (χ2v) is 4.16. The molecule has 0 fully saturated rings. The van der Waals surface area contributed by atoms with Crippen molar-refractivity contribution in [2.24, 2.45) is 5.73 Å². The van der Waals surface area contributed by atoms with Gasteiger partial charge in [0.25, 0.3) is 0 Å². The number of likely N-dealkylation sites (N-methyl/N-ethyl adjacent to an activating group) is 1. The Balaban J connectivity index is 0.00000324.